The van der Waals surface area contributed by atoms with Gasteiger partial charge in [0, 0.05) is 5.69 Å². The summed E-state index contributed by atoms with van der Waals surface area (Å²) < 4.78 is 1.80. The second kappa shape index (κ2) is 7.39. The normalized spacial score (nSPS) is 13.6. The van der Waals surface area contributed by atoms with E-state index in [1.807, 2.05) is 0 Å². The number of aromatic nitrogens is 3. The van der Waals surface area contributed by atoms with Gasteiger partial charge in [-0.25, -0.2) is 14.7 Å². The highest BCUT2D eigenvalue weighted by atomic mass is 15.3. The quantitative estimate of drug-likeness (QED) is 0.550. The van der Waals surface area contributed by atoms with E-state index < -0.39 is 0 Å². The standard InChI is InChI=1S/C20H22N6/c21-20(25-19-9-8-17-2-1-3-18(17)10-19)23-11-15-4-6-16(7-5-15)12-26-14-22-13-24-26/h4-10,13-14H,1-3,11-12H2,(H3,21,23,25). The van der Waals surface area contributed by atoms with Crippen LogP contribution in [0.1, 0.15) is 28.7 Å². The molecule has 2 aromatic carbocycles. The minimum Gasteiger partial charge on any atom is -0.370 e. The van der Waals surface area contributed by atoms with Crippen molar-refractivity contribution in [3.8, 4) is 0 Å². The Morgan fingerprint density at radius 2 is 1.88 bits per heavy atom. The van der Waals surface area contributed by atoms with E-state index in [1.165, 1.54) is 29.5 Å². The average molecular weight is 346 g/mol. The molecule has 0 spiro atoms. The van der Waals surface area contributed by atoms with Gasteiger partial charge < -0.3 is 11.1 Å². The lowest BCUT2D eigenvalue weighted by atomic mass is 10.1. The SMILES string of the molecule is NC(=NCc1ccc(Cn2cncn2)cc1)Nc1ccc2c(c1)CCC2. The Balaban J connectivity index is 1.34. The fourth-order valence-corrected chi connectivity index (χ4v) is 3.26. The number of fused-ring (bicyclic) bond motifs is 1. The van der Waals surface area contributed by atoms with Gasteiger partial charge in [-0.2, -0.15) is 5.10 Å². The van der Waals surface area contributed by atoms with Crippen LogP contribution in [0.2, 0.25) is 0 Å². The van der Waals surface area contributed by atoms with Gasteiger partial charge in [0.05, 0.1) is 13.1 Å². The first-order valence-electron chi connectivity index (χ1n) is 8.85. The molecule has 0 aliphatic heterocycles. The number of aryl methyl sites for hydroxylation is 2. The molecular formula is C20H22N6. The molecule has 1 heterocycles. The molecule has 1 aliphatic carbocycles. The van der Waals surface area contributed by atoms with Crippen LogP contribution in [0, 0.1) is 0 Å². The Hall–Kier alpha value is -3.15. The highest BCUT2D eigenvalue weighted by Crippen LogP contribution is 2.24. The van der Waals surface area contributed by atoms with E-state index in [0.29, 0.717) is 19.0 Å². The summed E-state index contributed by atoms with van der Waals surface area (Å²) in [4.78, 5) is 8.40. The largest absolute Gasteiger partial charge is 0.370 e. The number of guanidine groups is 1. The molecule has 6 heteroatoms. The van der Waals surface area contributed by atoms with Crippen LogP contribution in [0.5, 0.6) is 0 Å². The number of nitrogens with zero attached hydrogens (tertiary/aromatic N) is 4. The zero-order valence-corrected chi connectivity index (χ0v) is 14.6. The third-order valence-electron chi connectivity index (χ3n) is 4.64. The van der Waals surface area contributed by atoms with Crippen molar-refractivity contribution >= 4 is 11.6 Å². The van der Waals surface area contributed by atoms with E-state index in [2.05, 4.69) is 62.9 Å². The van der Waals surface area contributed by atoms with Crippen LogP contribution < -0.4 is 11.1 Å². The van der Waals surface area contributed by atoms with Gasteiger partial charge in [0.25, 0.3) is 0 Å². The van der Waals surface area contributed by atoms with Gasteiger partial charge in [0.15, 0.2) is 5.96 Å². The van der Waals surface area contributed by atoms with Crippen molar-refractivity contribution in [2.45, 2.75) is 32.4 Å². The van der Waals surface area contributed by atoms with Crippen LogP contribution in [-0.2, 0) is 25.9 Å². The summed E-state index contributed by atoms with van der Waals surface area (Å²) in [6.07, 6.45) is 6.84. The van der Waals surface area contributed by atoms with Gasteiger partial charge >= 0.3 is 0 Å². The first kappa shape index (κ1) is 16.3. The molecule has 3 N–H and O–H groups in total. The lowest BCUT2D eigenvalue weighted by Gasteiger charge is -2.08. The van der Waals surface area contributed by atoms with Crippen molar-refractivity contribution in [3.05, 3.63) is 77.4 Å². The predicted molar refractivity (Wildman–Crippen MR) is 103 cm³/mol. The Kier molecular flexibility index (Phi) is 4.64. The van der Waals surface area contributed by atoms with Crippen molar-refractivity contribution in [1.82, 2.24) is 14.8 Å². The van der Waals surface area contributed by atoms with Crippen LogP contribution in [0.4, 0.5) is 5.69 Å². The van der Waals surface area contributed by atoms with Gasteiger partial charge in [-0.1, -0.05) is 30.3 Å². The minimum atomic E-state index is 0.439. The molecule has 4 rings (SSSR count). The van der Waals surface area contributed by atoms with Gasteiger partial charge in [-0.3, -0.25) is 0 Å². The molecule has 0 saturated heterocycles. The van der Waals surface area contributed by atoms with Crippen LogP contribution in [0.15, 0.2) is 60.1 Å². The molecule has 3 aromatic rings. The Morgan fingerprint density at radius 1 is 1.08 bits per heavy atom. The van der Waals surface area contributed by atoms with Crippen molar-refractivity contribution in [2.75, 3.05) is 5.32 Å². The van der Waals surface area contributed by atoms with Crippen molar-refractivity contribution in [3.63, 3.8) is 0 Å². The molecule has 6 nitrogen and oxygen atoms in total. The molecule has 0 fully saturated rings. The number of anilines is 1. The van der Waals surface area contributed by atoms with Gasteiger partial charge in [0.1, 0.15) is 12.7 Å². The summed E-state index contributed by atoms with van der Waals surface area (Å²) in [7, 11) is 0. The number of hydrogen-bond donors (Lipinski definition) is 2. The van der Waals surface area contributed by atoms with E-state index in [9.17, 15) is 0 Å². The maximum atomic E-state index is 6.04. The molecule has 1 aliphatic rings. The predicted octanol–water partition coefficient (Wildman–Crippen LogP) is 2.74. The molecule has 26 heavy (non-hydrogen) atoms. The number of aliphatic imine (C=N–C) groups is 1. The summed E-state index contributed by atoms with van der Waals surface area (Å²) in [6.45, 7) is 1.26. The van der Waals surface area contributed by atoms with E-state index in [-0.39, 0.29) is 0 Å². The smallest absolute Gasteiger partial charge is 0.193 e. The maximum absolute atomic E-state index is 6.04. The van der Waals surface area contributed by atoms with Crippen LogP contribution in [-0.4, -0.2) is 20.7 Å². The number of benzene rings is 2. The number of nitrogens with one attached hydrogen (secondary N) is 1. The maximum Gasteiger partial charge on any atom is 0.193 e. The first-order chi connectivity index (χ1) is 12.8. The lowest BCUT2D eigenvalue weighted by Crippen LogP contribution is -2.22. The summed E-state index contributed by atoms with van der Waals surface area (Å²) >= 11 is 0. The Morgan fingerprint density at radius 3 is 2.69 bits per heavy atom. The van der Waals surface area contributed by atoms with Crippen LogP contribution in [0.25, 0.3) is 0 Å². The van der Waals surface area contributed by atoms with Gasteiger partial charge in [-0.05, 0) is 53.6 Å². The molecule has 0 radical (unpaired) electrons. The highest BCUT2D eigenvalue weighted by molar-refractivity contribution is 5.92. The first-order valence-corrected chi connectivity index (χ1v) is 8.85. The summed E-state index contributed by atoms with van der Waals surface area (Å²) in [5, 5.41) is 7.31. The average Bonchev–Trinajstić information content (AvgIpc) is 3.32. The van der Waals surface area contributed by atoms with E-state index in [0.717, 1.165) is 17.7 Å². The Labute approximate surface area is 152 Å². The van der Waals surface area contributed by atoms with E-state index >= 15 is 0 Å². The van der Waals surface area contributed by atoms with Gasteiger partial charge in [0.2, 0.25) is 0 Å². The molecule has 0 amide bonds. The van der Waals surface area contributed by atoms with Crippen molar-refractivity contribution < 1.29 is 0 Å². The zero-order chi connectivity index (χ0) is 17.8. The topological polar surface area (TPSA) is 81.1 Å². The molecule has 0 bridgehead atoms. The summed E-state index contributed by atoms with van der Waals surface area (Å²) in [5.74, 6) is 0.439. The van der Waals surface area contributed by atoms with Crippen LogP contribution in [0.3, 0.4) is 0 Å². The molecule has 0 unspecified atom stereocenters. The number of hydrogen-bond acceptors (Lipinski definition) is 3. The molecule has 0 saturated carbocycles. The van der Waals surface area contributed by atoms with Crippen molar-refractivity contribution in [2.24, 2.45) is 10.7 Å². The molecule has 0 atom stereocenters. The monoisotopic (exact) mass is 346 g/mol. The third kappa shape index (κ3) is 3.91. The van der Waals surface area contributed by atoms with E-state index in [4.69, 9.17) is 5.73 Å². The van der Waals surface area contributed by atoms with E-state index in [1.54, 1.807) is 17.3 Å². The number of rotatable bonds is 5. The second-order valence-corrected chi connectivity index (χ2v) is 6.57. The lowest BCUT2D eigenvalue weighted by molar-refractivity contribution is 0.684. The minimum absolute atomic E-state index is 0.439. The fourth-order valence-electron chi connectivity index (χ4n) is 3.26. The van der Waals surface area contributed by atoms with Gasteiger partial charge in [-0.15, -0.1) is 0 Å². The molecule has 132 valence electrons. The molecule has 1 aromatic heterocycles. The van der Waals surface area contributed by atoms with Crippen molar-refractivity contribution in [1.29, 1.82) is 0 Å². The highest BCUT2D eigenvalue weighted by Gasteiger charge is 2.10. The summed E-state index contributed by atoms with van der Waals surface area (Å²) in [6, 6.07) is 14.7. The number of nitrogens with two attached hydrogens (primary N) is 1. The zero-order valence-electron chi connectivity index (χ0n) is 14.6. The second-order valence-electron chi connectivity index (χ2n) is 6.57. The fraction of sp³-hybridized carbons (Fsp3) is 0.250. The third-order valence-corrected chi connectivity index (χ3v) is 4.64. The summed E-state index contributed by atoms with van der Waals surface area (Å²) in [5.41, 5.74) is 12.2. The Bertz CT molecular complexity index is 897. The molecular weight excluding hydrogens is 324 g/mol. The van der Waals surface area contributed by atoms with Crippen LogP contribution >= 0.6 is 0 Å².